The predicted octanol–water partition coefficient (Wildman–Crippen LogP) is 1.45. The van der Waals surface area contributed by atoms with E-state index in [0.717, 1.165) is 5.56 Å². The molecule has 2 N–H and O–H groups in total. The van der Waals surface area contributed by atoms with Crippen LogP contribution in [0.15, 0.2) is 42.7 Å². The Morgan fingerprint density at radius 3 is 2.81 bits per heavy atom. The number of likely N-dealkylation sites (tertiary alicyclic amines) is 1. The Labute approximate surface area is 151 Å². The van der Waals surface area contributed by atoms with E-state index in [9.17, 15) is 14.3 Å². The fraction of sp³-hybridized carbons (Fsp3) is 0.368. The van der Waals surface area contributed by atoms with Gasteiger partial charge in [-0.15, -0.1) is 0 Å². The van der Waals surface area contributed by atoms with E-state index >= 15 is 0 Å². The van der Waals surface area contributed by atoms with Crippen molar-refractivity contribution in [3.63, 3.8) is 0 Å². The van der Waals surface area contributed by atoms with Crippen LogP contribution >= 0.6 is 0 Å². The van der Waals surface area contributed by atoms with Gasteiger partial charge in [0.15, 0.2) is 11.6 Å². The number of methoxy groups -OCH3 is 1. The third kappa shape index (κ3) is 4.17. The molecule has 3 rings (SSSR count). The fourth-order valence-electron chi connectivity index (χ4n) is 3.25. The Morgan fingerprint density at radius 1 is 1.35 bits per heavy atom. The Balaban J connectivity index is 1.64. The Morgan fingerprint density at radius 2 is 2.12 bits per heavy atom. The molecule has 1 amide bonds. The first-order valence-corrected chi connectivity index (χ1v) is 8.47. The lowest BCUT2D eigenvalue weighted by atomic mass is 10.0. The van der Waals surface area contributed by atoms with Crippen molar-refractivity contribution < 1.29 is 19.0 Å². The molecule has 26 heavy (non-hydrogen) atoms. The van der Waals surface area contributed by atoms with Gasteiger partial charge in [0.25, 0.3) is 5.91 Å². The Kier molecular flexibility index (Phi) is 5.80. The monoisotopic (exact) mass is 359 g/mol. The summed E-state index contributed by atoms with van der Waals surface area (Å²) in [7, 11) is 1.44. The van der Waals surface area contributed by atoms with E-state index in [2.05, 4.69) is 15.2 Å². The van der Waals surface area contributed by atoms with Gasteiger partial charge in [-0.25, -0.2) is 4.39 Å². The molecule has 2 aromatic rings. The molecule has 1 aromatic heterocycles. The minimum atomic E-state index is -0.395. The number of aliphatic hydroxyl groups excluding tert-OH is 1. The van der Waals surface area contributed by atoms with Crippen LogP contribution in [0.1, 0.15) is 15.9 Å². The number of halogens is 1. The highest BCUT2D eigenvalue weighted by molar-refractivity contribution is 5.94. The van der Waals surface area contributed by atoms with Gasteiger partial charge in [0.05, 0.1) is 7.11 Å². The fourth-order valence-corrected chi connectivity index (χ4v) is 3.25. The van der Waals surface area contributed by atoms with Crippen molar-refractivity contribution >= 4 is 5.91 Å². The van der Waals surface area contributed by atoms with Crippen LogP contribution in [0, 0.1) is 11.7 Å². The van der Waals surface area contributed by atoms with Crippen LogP contribution in [0.5, 0.6) is 5.75 Å². The second-order valence-electron chi connectivity index (χ2n) is 6.42. The molecule has 6 nitrogen and oxygen atoms in total. The van der Waals surface area contributed by atoms with Crippen LogP contribution < -0.4 is 10.1 Å². The molecule has 0 radical (unpaired) electrons. The van der Waals surface area contributed by atoms with Gasteiger partial charge < -0.3 is 15.2 Å². The molecule has 1 aromatic carbocycles. The minimum absolute atomic E-state index is 0.00939. The molecule has 0 unspecified atom stereocenters. The molecule has 0 spiro atoms. The smallest absolute Gasteiger partial charge is 0.251 e. The maximum Gasteiger partial charge on any atom is 0.251 e. The normalized spacial score (nSPS) is 20.1. The summed E-state index contributed by atoms with van der Waals surface area (Å²) in [4.78, 5) is 18.4. The Hall–Kier alpha value is -2.51. The van der Waals surface area contributed by atoms with E-state index in [4.69, 9.17) is 4.74 Å². The number of hydrogen-bond acceptors (Lipinski definition) is 5. The quantitative estimate of drug-likeness (QED) is 0.817. The van der Waals surface area contributed by atoms with Crippen molar-refractivity contribution in [1.82, 2.24) is 15.2 Å². The zero-order valence-electron chi connectivity index (χ0n) is 14.6. The molecule has 0 saturated carbocycles. The standard InChI is InChI=1S/C19H22FN3O3/c1-26-18-8-13(2-3-16(18)20)9-23-10-15(12-24)17(11-23)22-19(25)14-4-6-21-7-5-14/h2-8,15,17,24H,9-12H2,1H3,(H,22,25)/t15-,17+/m0/s1. The highest BCUT2D eigenvalue weighted by Crippen LogP contribution is 2.23. The van der Waals surface area contributed by atoms with Crippen LogP contribution in [0.25, 0.3) is 0 Å². The molecular formula is C19H22FN3O3. The molecule has 0 aliphatic carbocycles. The molecule has 138 valence electrons. The van der Waals surface area contributed by atoms with E-state index in [1.807, 2.05) is 0 Å². The summed E-state index contributed by atoms with van der Waals surface area (Å²) in [6.45, 7) is 1.85. The number of benzene rings is 1. The van der Waals surface area contributed by atoms with Gasteiger partial charge in [0.2, 0.25) is 0 Å². The number of carbonyl (C=O) groups excluding carboxylic acids is 1. The van der Waals surface area contributed by atoms with Crippen molar-refractivity contribution in [2.24, 2.45) is 5.92 Å². The zero-order chi connectivity index (χ0) is 18.5. The largest absolute Gasteiger partial charge is 0.494 e. The maximum absolute atomic E-state index is 13.5. The highest BCUT2D eigenvalue weighted by atomic mass is 19.1. The van der Waals surface area contributed by atoms with Crippen LogP contribution in [0.2, 0.25) is 0 Å². The first-order chi connectivity index (χ1) is 12.6. The lowest BCUT2D eigenvalue weighted by molar-refractivity contribution is 0.0921. The summed E-state index contributed by atoms with van der Waals surface area (Å²) in [6, 6.07) is 7.93. The SMILES string of the molecule is COc1cc(CN2C[C@@H](CO)[C@H](NC(=O)c3ccncc3)C2)ccc1F. The second-order valence-corrected chi connectivity index (χ2v) is 6.42. The van der Waals surface area contributed by atoms with E-state index in [0.29, 0.717) is 25.2 Å². The zero-order valence-corrected chi connectivity index (χ0v) is 14.6. The molecule has 1 saturated heterocycles. The molecule has 1 aliphatic rings. The number of nitrogens with zero attached hydrogens (tertiary/aromatic N) is 2. The summed E-state index contributed by atoms with van der Waals surface area (Å²) >= 11 is 0. The number of ether oxygens (including phenoxy) is 1. The average Bonchev–Trinajstić information content (AvgIpc) is 3.05. The van der Waals surface area contributed by atoms with Gasteiger partial charge in [0, 0.05) is 56.2 Å². The van der Waals surface area contributed by atoms with Crippen LogP contribution in [0.3, 0.4) is 0 Å². The van der Waals surface area contributed by atoms with E-state index in [-0.39, 0.29) is 30.2 Å². The molecule has 7 heteroatoms. The van der Waals surface area contributed by atoms with Gasteiger partial charge in [-0.05, 0) is 29.8 Å². The van der Waals surface area contributed by atoms with Gasteiger partial charge in [0.1, 0.15) is 0 Å². The van der Waals surface area contributed by atoms with Gasteiger partial charge in [-0.3, -0.25) is 14.7 Å². The number of amides is 1. The number of aromatic nitrogens is 1. The van der Waals surface area contributed by atoms with Crippen molar-refractivity contribution in [3.8, 4) is 5.75 Å². The molecule has 2 heterocycles. The summed E-state index contributed by atoms with van der Waals surface area (Å²) < 4.78 is 18.6. The second kappa shape index (κ2) is 8.25. The van der Waals surface area contributed by atoms with Crippen LogP contribution in [-0.4, -0.2) is 53.7 Å². The molecule has 1 fully saturated rings. The van der Waals surface area contributed by atoms with Crippen molar-refractivity contribution in [3.05, 3.63) is 59.7 Å². The summed E-state index contributed by atoms with van der Waals surface area (Å²) in [6.07, 6.45) is 3.14. The predicted molar refractivity (Wildman–Crippen MR) is 94.3 cm³/mol. The van der Waals surface area contributed by atoms with Crippen molar-refractivity contribution in [2.45, 2.75) is 12.6 Å². The number of rotatable bonds is 6. The van der Waals surface area contributed by atoms with Gasteiger partial charge in [-0.2, -0.15) is 0 Å². The topological polar surface area (TPSA) is 74.7 Å². The molecule has 1 aliphatic heterocycles. The summed E-state index contributed by atoms with van der Waals surface area (Å²) in [5, 5.41) is 12.7. The molecule has 0 bridgehead atoms. The highest BCUT2D eigenvalue weighted by Gasteiger charge is 2.33. The maximum atomic E-state index is 13.5. The number of hydrogen-bond donors (Lipinski definition) is 2. The molecule has 2 atom stereocenters. The van der Waals surface area contributed by atoms with Gasteiger partial charge in [-0.1, -0.05) is 6.07 Å². The van der Waals surface area contributed by atoms with Crippen molar-refractivity contribution in [1.29, 1.82) is 0 Å². The average molecular weight is 359 g/mol. The lowest BCUT2D eigenvalue weighted by Gasteiger charge is -2.18. The summed E-state index contributed by atoms with van der Waals surface area (Å²) in [5.74, 6) is -0.416. The molecular weight excluding hydrogens is 337 g/mol. The van der Waals surface area contributed by atoms with E-state index in [1.165, 1.54) is 13.2 Å². The van der Waals surface area contributed by atoms with Gasteiger partial charge >= 0.3 is 0 Å². The first kappa shape index (κ1) is 18.3. The van der Waals surface area contributed by atoms with Crippen LogP contribution in [0.4, 0.5) is 4.39 Å². The van der Waals surface area contributed by atoms with Crippen molar-refractivity contribution in [2.75, 3.05) is 26.8 Å². The first-order valence-electron chi connectivity index (χ1n) is 8.47. The summed E-state index contributed by atoms with van der Waals surface area (Å²) in [5.41, 5.74) is 1.46. The number of carbonyl (C=O) groups is 1. The third-order valence-electron chi connectivity index (χ3n) is 4.63. The van der Waals surface area contributed by atoms with Crippen LogP contribution in [-0.2, 0) is 6.54 Å². The number of pyridine rings is 1. The van der Waals surface area contributed by atoms with E-state index < -0.39 is 5.82 Å². The lowest BCUT2D eigenvalue weighted by Crippen LogP contribution is -2.41. The van der Waals surface area contributed by atoms with E-state index in [1.54, 1.807) is 36.7 Å². The third-order valence-corrected chi connectivity index (χ3v) is 4.63. The number of nitrogens with one attached hydrogen (secondary N) is 1. The Bertz CT molecular complexity index is 757. The minimum Gasteiger partial charge on any atom is -0.494 e. The number of aliphatic hydroxyl groups is 1.